The van der Waals surface area contributed by atoms with E-state index in [1.165, 1.54) is 36.5 Å². The summed E-state index contributed by atoms with van der Waals surface area (Å²) in [6.45, 7) is 4.20. The van der Waals surface area contributed by atoms with Gasteiger partial charge in [0.1, 0.15) is 0 Å². The van der Waals surface area contributed by atoms with Crippen LogP contribution in [0.1, 0.15) is 22.8 Å². The normalized spacial score (nSPS) is 12.0. The molecule has 1 aromatic heterocycles. The molecule has 2 N–H and O–H groups in total. The number of methoxy groups -OCH3 is 1. The van der Waals surface area contributed by atoms with Gasteiger partial charge in [0.2, 0.25) is 5.91 Å². The van der Waals surface area contributed by atoms with Gasteiger partial charge in [0, 0.05) is 37.5 Å². The number of thiazole rings is 1. The molecule has 0 radical (unpaired) electrons. The van der Waals surface area contributed by atoms with Crippen LogP contribution in [0, 0.1) is 6.92 Å². The summed E-state index contributed by atoms with van der Waals surface area (Å²) in [7, 11) is -2.22. The van der Waals surface area contributed by atoms with Crippen molar-refractivity contribution in [1.82, 2.24) is 4.57 Å². The lowest BCUT2D eigenvalue weighted by atomic mass is 10.2. The first-order chi connectivity index (χ1) is 17.7. The molecule has 4 aromatic rings. The zero-order valence-corrected chi connectivity index (χ0v) is 22.2. The number of carbonyl (C=O) groups is 2. The molecule has 0 unspecified atom stereocenters. The molecule has 0 saturated carbocycles. The molecule has 0 fully saturated rings. The fraction of sp³-hybridized carbons (Fsp3) is 0.192. The van der Waals surface area contributed by atoms with Crippen molar-refractivity contribution in [3.63, 3.8) is 0 Å². The summed E-state index contributed by atoms with van der Waals surface area (Å²) in [5.74, 6) is -0.697. The monoisotopic (exact) mass is 538 g/mol. The van der Waals surface area contributed by atoms with Gasteiger partial charge in [-0.2, -0.15) is 4.99 Å². The number of hydrogen-bond acceptors (Lipinski definition) is 6. The van der Waals surface area contributed by atoms with E-state index in [4.69, 9.17) is 4.74 Å². The minimum absolute atomic E-state index is 0.127. The number of nitrogens with zero attached hydrogens (tertiary/aromatic N) is 2. The summed E-state index contributed by atoms with van der Waals surface area (Å²) >= 11 is 1.31. The Morgan fingerprint density at radius 2 is 1.78 bits per heavy atom. The molecule has 0 aliphatic carbocycles. The van der Waals surface area contributed by atoms with Crippen molar-refractivity contribution >= 4 is 54.8 Å². The highest BCUT2D eigenvalue weighted by atomic mass is 32.2. The molecule has 2 amide bonds. The highest BCUT2D eigenvalue weighted by Crippen LogP contribution is 2.23. The third kappa shape index (κ3) is 6.31. The number of aromatic nitrogens is 1. The first-order valence-corrected chi connectivity index (χ1v) is 13.6. The smallest absolute Gasteiger partial charge is 0.279 e. The van der Waals surface area contributed by atoms with Gasteiger partial charge >= 0.3 is 0 Å². The van der Waals surface area contributed by atoms with Crippen molar-refractivity contribution in [2.75, 3.05) is 23.8 Å². The lowest BCUT2D eigenvalue weighted by molar-refractivity contribution is -0.114. The molecular formula is C26H26N4O5S2. The number of rotatable bonds is 8. The van der Waals surface area contributed by atoms with Gasteiger partial charge < -0.3 is 14.6 Å². The maximum absolute atomic E-state index is 13.1. The minimum Gasteiger partial charge on any atom is -0.383 e. The zero-order chi connectivity index (χ0) is 26.6. The molecular weight excluding hydrogens is 512 g/mol. The molecule has 0 spiro atoms. The quantitative estimate of drug-likeness (QED) is 0.349. The highest BCUT2D eigenvalue weighted by Gasteiger charge is 2.16. The zero-order valence-electron chi connectivity index (χ0n) is 20.5. The highest BCUT2D eigenvalue weighted by molar-refractivity contribution is 7.92. The third-order valence-electron chi connectivity index (χ3n) is 5.41. The molecule has 0 atom stereocenters. The van der Waals surface area contributed by atoms with Gasteiger partial charge in [-0.15, -0.1) is 0 Å². The van der Waals surface area contributed by atoms with E-state index in [9.17, 15) is 18.0 Å². The van der Waals surface area contributed by atoms with Crippen molar-refractivity contribution in [3.05, 3.63) is 82.7 Å². The molecule has 3 aromatic carbocycles. The van der Waals surface area contributed by atoms with Crippen molar-refractivity contribution in [3.8, 4) is 0 Å². The van der Waals surface area contributed by atoms with E-state index in [0.717, 1.165) is 15.8 Å². The van der Waals surface area contributed by atoms with Gasteiger partial charge in [0.05, 0.1) is 21.7 Å². The molecule has 0 aliphatic heterocycles. The topological polar surface area (TPSA) is 119 Å². The molecule has 1 heterocycles. The number of carbonyl (C=O) groups excluding carboxylic acids is 2. The van der Waals surface area contributed by atoms with E-state index in [2.05, 4.69) is 15.0 Å². The molecule has 0 bridgehead atoms. The van der Waals surface area contributed by atoms with Crippen molar-refractivity contribution in [2.24, 2.45) is 4.99 Å². The van der Waals surface area contributed by atoms with Gasteiger partial charge in [-0.3, -0.25) is 14.3 Å². The second kappa shape index (κ2) is 11.1. The number of amides is 2. The third-order valence-corrected chi connectivity index (χ3v) is 7.85. The molecule has 0 saturated heterocycles. The van der Waals surface area contributed by atoms with Crippen molar-refractivity contribution < 1.29 is 22.7 Å². The number of anilines is 2. The van der Waals surface area contributed by atoms with Crippen LogP contribution in [0.5, 0.6) is 0 Å². The van der Waals surface area contributed by atoms with E-state index in [0.29, 0.717) is 23.6 Å². The molecule has 11 heteroatoms. The van der Waals surface area contributed by atoms with E-state index in [1.807, 2.05) is 23.6 Å². The Balaban J connectivity index is 1.67. The number of ether oxygens (including phenoxy) is 1. The molecule has 0 aliphatic rings. The van der Waals surface area contributed by atoms with E-state index in [1.54, 1.807) is 43.5 Å². The van der Waals surface area contributed by atoms with Crippen LogP contribution in [-0.2, 0) is 26.1 Å². The van der Waals surface area contributed by atoms with Crippen molar-refractivity contribution in [1.29, 1.82) is 0 Å². The molecule has 4 rings (SSSR count). The SMILES string of the molecule is COCCn1c(=NC(=O)c2cccc(NS(=O)(=O)c3ccc(C)cc3)c2)sc2cc(NC(C)=O)ccc21. The fourth-order valence-corrected chi connectivity index (χ4v) is 5.78. The van der Waals surface area contributed by atoms with Crippen LogP contribution < -0.4 is 14.8 Å². The fourth-order valence-electron chi connectivity index (χ4n) is 3.64. The average Bonchev–Trinajstić information content (AvgIpc) is 3.18. The van der Waals surface area contributed by atoms with Crippen LogP contribution >= 0.6 is 11.3 Å². The van der Waals surface area contributed by atoms with Gasteiger partial charge in [0.25, 0.3) is 15.9 Å². The number of aryl methyl sites for hydroxylation is 1. The van der Waals surface area contributed by atoms with Gasteiger partial charge in [-0.05, 0) is 55.5 Å². The predicted octanol–water partition coefficient (Wildman–Crippen LogP) is 4.16. The minimum atomic E-state index is -3.82. The Kier molecular flexibility index (Phi) is 7.86. The largest absolute Gasteiger partial charge is 0.383 e. The molecule has 192 valence electrons. The number of benzene rings is 3. The lowest BCUT2D eigenvalue weighted by Gasteiger charge is -2.09. The van der Waals surface area contributed by atoms with Crippen LogP contribution in [0.25, 0.3) is 10.2 Å². The summed E-state index contributed by atoms with van der Waals surface area (Å²) in [6, 6.07) is 18.2. The van der Waals surface area contributed by atoms with E-state index < -0.39 is 15.9 Å². The molecule has 9 nitrogen and oxygen atoms in total. The summed E-state index contributed by atoms with van der Waals surface area (Å²) in [5.41, 5.74) is 2.93. The van der Waals surface area contributed by atoms with E-state index >= 15 is 0 Å². The maximum Gasteiger partial charge on any atom is 0.279 e. The number of fused-ring (bicyclic) bond motifs is 1. The predicted molar refractivity (Wildman–Crippen MR) is 144 cm³/mol. The summed E-state index contributed by atoms with van der Waals surface area (Å²) in [5, 5.41) is 2.75. The van der Waals surface area contributed by atoms with Crippen LogP contribution in [0.2, 0.25) is 0 Å². The van der Waals surface area contributed by atoms with Gasteiger partial charge in [-0.1, -0.05) is 35.1 Å². The second-order valence-corrected chi connectivity index (χ2v) is 11.0. The Morgan fingerprint density at radius 1 is 1.03 bits per heavy atom. The Hall–Kier alpha value is -3.80. The Labute approximate surface area is 218 Å². The number of sulfonamides is 1. The Bertz CT molecular complexity index is 1640. The first-order valence-electron chi connectivity index (χ1n) is 11.3. The van der Waals surface area contributed by atoms with Crippen molar-refractivity contribution in [2.45, 2.75) is 25.3 Å². The average molecular weight is 539 g/mol. The maximum atomic E-state index is 13.1. The van der Waals surface area contributed by atoms with Gasteiger partial charge in [0.15, 0.2) is 4.80 Å². The number of nitrogens with one attached hydrogen (secondary N) is 2. The summed E-state index contributed by atoms with van der Waals surface area (Å²) in [6.07, 6.45) is 0. The molecule has 37 heavy (non-hydrogen) atoms. The lowest BCUT2D eigenvalue weighted by Crippen LogP contribution is -2.19. The van der Waals surface area contributed by atoms with Gasteiger partial charge in [-0.25, -0.2) is 8.42 Å². The van der Waals surface area contributed by atoms with Crippen LogP contribution in [0.4, 0.5) is 11.4 Å². The first kappa shape index (κ1) is 26.3. The number of hydrogen-bond donors (Lipinski definition) is 2. The van der Waals surface area contributed by atoms with E-state index in [-0.39, 0.29) is 22.1 Å². The van der Waals surface area contributed by atoms with Crippen LogP contribution in [0.3, 0.4) is 0 Å². The summed E-state index contributed by atoms with van der Waals surface area (Å²) in [4.78, 5) is 29.5. The Morgan fingerprint density at radius 3 is 2.49 bits per heavy atom. The van der Waals surface area contributed by atoms with Crippen LogP contribution in [0.15, 0.2) is 76.6 Å². The van der Waals surface area contributed by atoms with Crippen LogP contribution in [-0.4, -0.2) is 38.5 Å². The summed E-state index contributed by atoms with van der Waals surface area (Å²) < 4.78 is 36.0. The standard InChI is InChI=1S/C26H26N4O5S2/c1-17-7-10-22(11-8-17)37(33,34)29-21-6-4-5-19(15-21)25(32)28-26-30(13-14-35-3)23-12-9-20(27-18(2)31)16-24(23)36-26/h4-12,15-16,29H,13-14H2,1-3H3,(H,27,31). The second-order valence-electron chi connectivity index (χ2n) is 8.31.